The molecular formula is C23H28ClN3O3. The third kappa shape index (κ3) is 6.20. The van der Waals surface area contributed by atoms with Crippen LogP contribution < -0.4 is 4.90 Å². The summed E-state index contributed by atoms with van der Waals surface area (Å²) < 4.78 is 0. The van der Waals surface area contributed by atoms with Crippen LogP contribution in [0.2, 0.25) is 0 Å². The number of hydrogen-bond donors (Lipinski definition) is 2. The monoisotopic (exact) mass is 429 g/mol. The number of aliphatic hydroxyl groups is 1. The fourth-order valence-electron chi connectivity index (χ4n) is 3.83. The van der Waals surface area contributed by atoms with Crippen LogP contribution in [0.1, 0.15) is 34.3 Å². The number of aromatic carboxylic acids is 1. The second-order valence-corrected chi connectivity index (χ2v) is 7.84. The van der Waals surface area contributed by atoms with Gasteiger partial charge in [-0.2, -0.15) is 5.26 Å². The van der Waals surface area contributed by atoms with Crippen LogP contribution in [0.4, 0.5) is 5.69 Å². The number of carbonyl (C=O) groups is 1. The van der Waals surface area contributed by atoms with Gasteiger partial charge in [0.25, 0.3) is 0 Å². The van der Waals surface area contributed by atoms with E-state index < -0.39 is 11.6 Å². The van der Waals surface area contributed by atoms with Crippen LogP contribution in [0.25, 0.3) is 0 Å². The molecule has 6 nitrogen and oxygen atoms in total. The van der Waals surface area contributed by atoms with Crippen LogP contribution in [0, 0.1) is 11.3 Å². The summed E-state index contributed by atoms with van der Waals surface area (Å²) in [5.74, 6) is -0.940. The van der Waals surface area contributed by atoms with Crippen molar-refractivity contribution in [2.45, 2.75) is 24.9 Å². The fraction of sp³-hybridized carbons (Fsp3) is 0.391. The molecule has 0 aromatic heterocycles. The Labute approximate surface area is 183 Å². The Kier molecular flexibility index (Phi) is 8.24. The minimum Gasteiger partial charge on any atom is -0.478 e. The van der Waals surface area contributed by atoms with E-state index >= 15 is 0 Å². The molecule has 1 aliphatic heterocycles. The second kappa shape index (κ2) is 10.4. The first-order valence-electron chi connectivity index (χ1n) is 9.87. The highest BCUT2D eigenvalue weighted by Crippen LogP contribution is 2.25. The molecule has 0 aliphatic carbocycles. The van der Waals surface area contributed by atoms with Gasteiger partial charge in [-0.15, -0.1) is 12.4 Å². The number of carboxylic acids is 1. The highest BCUT2D eigenvalue weighted by Gasteiger charge is 2.33. The summed E-state index contributed by atoms with van der Waals surface area (Å²) in [4.78, 5) is 15.3. The van der Waals surface area contributed by atoms with Crippen molar-refractivity contribution < 1.29 is 15.0 Å². The van der Waals surface area contributed by atoms with E-state index in [1.165, 1.54) is 0 Å². The summed E-state index contributed by atoms with van der Waals surface area (Å²) in [7, 11) is 1.92. The molecule has 160 valence electrons. The third-order valence-electron chi connectivity index (χ3n) is 5.65. The topological polar surface area (TPSA) is 87.8 Å². The first-order valence-corrected chi connectivity index (χ1v) is 9.87. The van der Waals surface area contributed by atoms with Crippen molar-refractivity contribution >= 4 is 24.1 Å². The number of anilines is 1. The van der Waals surface area contributed by atoms with E-state index in [4.69, 9.17) is 10.4 Å². The summed E-state index contributed by atoms with van der Waals surface area (Å²) >= 11 is 0. The molecule has 7 heteroatoms. The number of halogens is 1. The predicted molar refractivity (Wildman–Crippen MR) is 119 cm³/mol. The smallest absolute Gasteiger partial charge is 0.335 e. The van der Waals surface area contributed by atoms with Crippen molar-refractivity contribution in [3.8, 4) is 6.07 Å². The van der Waals surface area contributed by atoms with Crippen molar-refractivity contribution in [2.75, 3.05) is 38.1 Å². The number of likely N-dealkylation sites (tertiary alicyclic amines) is 1. The molecule has 0 atom stereocenters. The highest BCUT2D eigenvalue weighted by atomic mass is 35.5. The van der Waals surface area contributed by atoms with Crippen molar-refractivity contribution in [1.82, 2.24) is 4.90 Å². The van der Waals surface area contributed by atoms with Gasteiger partial charge >= 0.3 is 5.97 Å². The van der Waals surface area contributed by atoms with E-state index in [-0.39, 0.29) is 18.0 Å². The molecule has 2 N–H and O–H groups in total. The quantitative estimate of drug-likeness (QED) is 0.702. The van der Waals surface area contributed by atoms with Crippen LogP contribution >= 0.6 is 12.4 Å². The second-order valence-electron chi connectivity index (χ2n) is 7.84. The van der Waals surface area contributed by atoms with Crippen molar-refractivity contribution in [1.29, 1.82) is 5.26 Å². The van der Waals surface area contributed by atoms with E-state index in [0.717, 1.165) is 37.3 Å². The minimum atomic E-state index is -0.940. The standard InChI is InChI=1S/C23H27N3O3.ClH/c1-25(21-7-5-20(6-8-21)22(27)28)17-23(29)10-13-26(14-11-23)12-9-18-3-2-4-19(15-18)16-24;/h2-8,15,29H,9-14,17H2,1H3,(H,27,28);1H. The molecule has 1 saturated heterocycles. The first kappa shape index (κ1) is 23.7. The lowest BCUT2D eigenvalue weighted by Gasteiger charge is -2.40. The molecule has 3 rings (SSSR count). The van der Waals surface area contributed by atoms with E-state index in [1.54, 1.807) is 24.3 Å². The maximum Gasteiger partial charge on any atom is 0.335 e. The van der Waals surface area contributed by atoms with Gasteiger partial charge in [0.1, 0.15) is 0 Å². The molecule has 1 aliphatic rings. The molecule has 2 aromatic carbocycles. The number of carboxylic acid groups (broad SMARTS) is 1. The number of nitriles is 1. The normalized spacial score (nSPS) is 15.6. The van der Waals surface area contributed by atoms with Crippen LogP contribution in [0.3, 0.4) is 0 Å². The average Bonchev–Trinajstić information content (AvgIpc) is 2.73. The molecule has 1 heterocycles. The van der Waals surface area contributed by atoms with E-state index in [9.17, 15) is 9.90 Å². The predicted octanol–water partition coefficient (Wildman–Crippen LogP) is 3.18. The molecule has 0 unspecified atom stereocenters. The van der Waals surface area contributed by atoms with Crippen LogP contribution in [-0.4, -0.2) is 59.9 Å². The Morgan fingerprint density at radius 2 is 1.87 bits per heavy atom. The van der Waals surface area contributed by atoms with Crippen LogP contribution in [0.15, 0.2) is 48.5 Å². The lowest BCUT2D eigenvalue weighted by atomic mass is 9.90. The largest absolute Gasteiger partial charge is 0.478 e. The fourth-order valence-corrected chi connectivity index (χ4v) is 3.83. The zero-order valence-electron chi connectivity index (χ0n) is 17.1. The maximum atomic E-state index is 11.0. The number of rotatable bonds is 7. The SMILES string of the molecule is CN(CC1(O)CCN(CCc2cccc(C#N)c2)CC1)c1ccc(C(=O)O)cc1.Cl. The molecular weight excluding hydrogens is 402 g/mol. The summed E-state index contributed by atoms with van der Waals surface area (Å²) in [5, 5.41) is 29.0. The maximum absolute atomic E-state index is 11.0. The first-order chi connectivity index (χ1) is 13.9. The van der Waals surface area contributed by atoms with Gasteiger partial charge in [-0.25, -0.2) is 4.79 Å². The van der Waals surface area contributed by atoms with Crippen LogP contribution in [0.5, 0.6) is 0 Å². The molecule has 0 spiro atoms. The van der Waals surface area contributed by atoms with Gasteiger partial charge in [-0.05, 0) is 61.2 Å². The van der Waals surface area contributed by atoms with E-state index in [0.29, 0.717) is 24.9 Å². The van der Waals surface area contributed by atoms with E-state index in [1.807, 2.05) is 36.2 Å². The molecule has 30 heavy (non-hydrogen) atoms. The van der Waals surface area contributed by atoms with E-state index in [2.05, 4.69) is 11.0 Å². The molecule has 0 amide bonds. The zero-order chi connectivity index (χ0) is 20.9. The van der Waals surface area contributed by atoms with Crippen molar-refractivity contribution in [3.63, 3.8) is 0 Å². The Morgan fingerprint density at radius 1 is 1.20 bits per heavy atom. The molecule has 0 radical (unpaired) electrons. The molecule has 0 saturated carbocycles. The third-order valence-corrected chi connectivity index (χ3v) is 5.65. The summed E-state index contributed by atoms with van der Waals surface area (Å²) in [5.41, 5.74) is 2.25. The summed E-state index contributed by atoms with van der Waals surface area (Å²) in [6.07, 6.45) is 2.29. The highest BCUT2D eigenvalue weighted by molar-refractivity contribution is 5.88. The van der Waals surface area contributed by atoms with Gasteiger partial charge in [0.2, 0.25) is 0 Å². The summed E-state index contributed by atoms with van der Waals surface area (Å²) in [6.45, 7) is 3.09. The Hall–Kier alpha value is -2.59. The molecule has 0 bridgehead atoms. The van der Waals surface area contributed by atoms with Crippen molar-refractivity contribution in [2.24, 2.45) is 0 Å². The number of hydrogen-bond acceptors (Lipinski definition) is 5. The summed E-state index contributed by atoms with van der Waals surface area (Å²) in [6, 6.07) is 16.6. The number of piperidine rings is 1. The van der Waals surface area contributed by atoms with Gasteiger partial charge in [0, 0.05) is 38.9 Å². The van der Waals surface area contributed by atoms with Gasteiger partial charge in [-0.1, -0.05) is 12.1 Å². The lowest BCUT2D eigenvalue weighted by molar-refractivity contribution is -0.0137. The van der Waals surface area contributed by atoms with Gasteiger partial charge in [0.15, 0.2) is 0 Å². The Balaban J connectivity index is 0.00000320. The van der Waals surface area contributed by atoms with Crippen molar-refractivity contribution in [3.05, 3.63) is 65.2 Å². The Bertz CT molecular complexity index is 887. The number of nitrogens with zero attached hydrogens (tertiary/aromatic N) is 3. The van der Waals surface area contributed by atoms with Crippen LogP contribution in [-0.2, 0) is 6.42 Å². The number of benzene rings is 2. The van der Waals surface area contributed by atoms with Gasteiger partial charge in [0.05, 0.1) is 22.8 Å². The van der Waals surface area contributed by atoms with Gasteiger partial charge in [-0.3, -0.25) is 0 Å². The minimum absolute atomic E-state index is 0. The van der Waals surface area contributed by atoms with Gasteiger partial charge < -0.3 is 20.0 Å². The molecule has 2 aromatic rings. The molecule has 1 fully saturated rings. The Morgan fingerprint density at radius 3 is 2.47 bits per heavy atom. The number of likely N-dealkylation sites (N-methyl/N-ethyl adjacent to an activating group) is 1. The lowest BCUT2D eigenvalue weighted by Crippen LogP contribution is -2.50. The zero-order valence-corrected chi connectivity index (χ0v) is 17.9. The average molecular weight is 430 g/mol.